The van der Waals surface area contributed by atoms with Gasteiger partial charge in [0.15, 0.2) is 0 Å². The van der Waals surface area contributed by atoms with Gasteiger partial charge in [-0.15, -0.1) is 0 Å². The van der Waals surface area contributed by atoms with E-state index >= 15 is 0 Å². The molecule has 0 aliphatic heterocycles. The van der Waals surface area contributed by atoms with E-state index in [0.717, 1.165) is 0 Å². The fourth-order valence-electron chi connectivity index (χ4n) is 0.315. The zero-order valence-electron chi connectivity index (χ0n) is 9.75. The van der Waals surface area contributed by atoms with Crippen LogP contribution in [0.25, 0.3) is 0 Å². The minimum atomic E-state index is -2.63. The Morgan fingerprint density at radius 3 is 1.38 bits per heavy atom. The summed E-state index contributed by atoms with van der Waals surface area (Å²) >= 11 is 0. The third-order valence-electron chi connectivity index (χ3n) is 0.748. The molecule has 0 aromatic rings. The summed E-state index contributed by atoms with van der Waals surface area (Å²) in [6.07, 6.45) is 0. The molecular formula is C6H14Mg2O6P2. The molecule has 16 heavy (non-hydrogen) atoms. The quantitative estimate of drug-likeness (QED) is 0.420. The fraction of sp³-hybridized carbons (Fsp3) is 1.00. The monoisotopic (exact) mass is 292 g/mol. The van der Waals surface area contributed by atoms with Crippen LogP contribution in [0, 0.1) is 5.92 Å². The predicted molar refractivity (Wildman–Crippen MR) is 57.8 cm³/mol. The summed E-state index contributed by atoms with van der Waals surface area (Å²) in [5, 5.41) is 0. The van der Waals surface area contributed by atoms with Crippen molar-refractivity contribution in [1.29, 1.82) is 0 Å². The van der Waals surface area contributed by atoms with Crippen LogP contribution < -0.4 is 19.6 Å². The first-order chi connectivity index (χ1) is 6.40. The summed E-state index contributed by atoms with van der Waals surface area (Å²) in [6, 6.07) is 0. The van der Waals surface area contributed by atoms with Crippen molar-refractivity contribution in [3.05, 3.63) is 0 Å². The molecule has 0 rings (SSSR count). The van der Waals surface area contributed by atoms with Gasteiger partial charge < -0.3 is 28.6 Å². The molecule has 0 saturated carbocycles. The van der Waals surface area contributed by atoms with E-state index in [0.29, 0.717) is 6.61 Å². The second kappa shape index (κ2) is 19.5. The Labute approximate surface area is 131 Å². The van der Waals surface area contributed by atoms with Crippen LogP contribution in [-0.2, 0) is 9.05 Å². The molecule has 10 heteroatoms. The minimum absolute atomic E-state index is 0. The molecule has 0 amide bonds. The first-order valence-electron chi connectivity index (χ1n) is 3.94. The van der Waals surface area contributed by atoms with E-state index in [2.05, 4.69) is 9.05 Å². The third-order valence-corrected chi connectivity index (χ3v) is 1.58. The summed E-state index contributed by atoms with van der Waals surface area (Å²) in [4.78, 5) is 38.3. The Morgan fingerprint density at radius 2 is 1.31 bits per heavy atom. The minimum Gasteiger partial charge on any atom is -0.820 e. The smallest absolute Gasteiger partial charge is 0.820 e. The molecule has 0 heterocycles. The Hall–Kier alpha value is 2.15. The molecule has 0 N–H and O–H groups in total. The first-order valence-corrected chi connectivity index (χ1v) is 6.13. The maximum atomic E-state index is 9.72. The summed E-state index contributed by atoms with van der Waals surface area (Å²) in [7, 11) is -5.23. The SMILES string of the molecule is CC(C)COP([O-])[O-].CCOP([O-])[O-].[Mg+2].[Mg+2]. The molecule has 0 fully saturated rings. The average molecular weight is 293 g/mol. The van der Waals surface area contributed by atoms with Crippen molar-refractivity contribution in [3.8, 4) is 0 Å². The van der Waals surface area contributed by atoms with Gasteiger partial charge in [-0.05, 0) is 12.8 Å². The summed E-state index contributed by atoms with van der Waals surface area (Å²) < 4.78 is 8.25. The van der Waals surface area contributed by atoms with Gasteiger partial charge >= 0.3 is 46.1 Å². The second-order valence-electron chi connectivity index (χ2n) is 2.55. The fourth-order valence-corrected chi connectivity index (χ4v) is 0.946. The summed E-state index contributed by atoms with van der Waals surface area (Å²) in [5.74, 6) is 0.280. The number of hydrogen-bond acceptors (Lipinski definition) is 6. The molecule has 88 valence electrons. The van der Waals surface area contributed by atoms with Crippen molar-refractivity contribution in [1.82, 2.24) is 0 Å². The maximum Gasteiger partial charge on any atom is 2.00 e. The normalized spacial score (nSPS) is 9.38. The van der Waals surface area contributed by atoms with E-state index in [1.165, 1.54) is 0 Å². The van der Waals surface area contributed by atoms with Gasteiger partial charge in [-0.25, -0.2) is 0 Å². The largest absolute Gasteiger partial charge is 2.00 e. The van der Waals surface area contributed by atoms with E-state index in [1.807, 2.05) is 13.8 Å². The molecule has 0 saturated heterocycles. The molecular weight excluding hydrogens is 279 g/mol. The van der Waals surface area contributed by atoms with Crippen molar-refractivity contribution in [2.45, 2.75) is 20.8 Å². The van der Waals surface area contributed by atoms with Gasteiger partial charge in [-0.1, -0.05) is 13.8 Å². The van der Waals surface area contributed by atoms with Crippen molar-refractivity contribution in [3.63, 3.8) is 0 Å². The summed E-state index contributed by atoms with van der Waals surface area (Å²) in [6.45, 7) is 5.92. The van der Waals surface area contributed by atoms with Gasteiger partial charge in [0.25, 0.3) is 0 Å². The van der Waals surface area contributed by atoms with Crippen molar-refractivity contribution in [2.75, 3.05) is 13.2 Å². The standard InChI is InChI=1S/C4H9O3P.C2H5O3P.2Mg/c1-4(2)3-7-8(5)6;1-2-5-6(3)4;;/h4H,3H2,1-2H3;2H2,1H3;;/q2*-2;2*+2. The molecule has 0 unspecified atom stereocenters. The van der Waals surface area contributed by atoms with Crippen LogP contribution in [0.3, 0.4) is 0 Å². The van der Waals surface area contributed by atoms with Gasteiger partial charge in [0.1, 0.15) is 0 Å². The van der Waals surface area contributed by atoms with Crippen LogP contribution in [0.5, 0.6) is 0 Å². The maximum absolute atomic E-state index is 9.72. The molecule has 0 aromatic carbocycles. The van der Waals surface area contributed by atoms with E-state index in [1.54, 1.807) is 6.92 Å². The molecule has 0 atom stereocenters. The van der Waals surface area contributed by atoms with Crippen LogP contribution in [-0.4, -0.2) is 59.3 Å². The van der Waals surface area contributed by atoms with Crippen molar-refractivity contribution >= 4 is 63.3 Å². The van der Waals surface area contributed by atoms with Crippen molar-refractivity contribution < 1.29 is 28.6 Å². The molecule has 0 aromatic heterocycles. The zero-order valence-corrected chi connectivity index (χ0v) is 14.4. The van der Waals surface area contributed by atoms with E-state index in [4.69, 9.17) is 0 Å². The van der Waals surface area contributed by atoms with Crippen LogP contribution in [0.4, 0.5) is 0 Å². The zero-order chi connectivity index (χ0) is 11.6. The molecule has 6 nitrogen and oxygen atoms in total. The molecule has 0 aliphatic rings. The number of hydrogen-bond donors (Lipinski definition) is 0. The Balaban J connectivity index is -0.0000000825. The van der Waals surface area contributed by atoms with Gasteiger partial charge in [-0.2, -0.15) is 17.2 Å². The Morgan fingerprint density at radius 1 is 0.938 bits per heavy atom. The van der Waals surface area contributed by atoms with E-state index in [-0.39, 0.29) is 58.6 Å². The van der Waals surface area contributed by atoms with Gasteiger partial charge in [-0.3, -0.25) is 0 Å². The van der Waals surface area contributed by atoms with Gasteiger partial charge in [0.05, 0.1) is 0 Å². The average Bonchev–Trinajstić information content (AvgIpc) is 2.01. The Bertz CT molecular complexity index is 111. The molecule has 0 aliphatic carbocycles. The topological polar surface area (TPSA) is 111 Å². The van der Waals surface area contributed by atoms with Gasteiger partial charge in [0, 0.05) is 13.2 Å². The number of rotatable bonds is 5. The van der Waals surface area contributed by atoms with Crippen LogP contribution >= 0.6 is 17.2 Å². The van der Waals surface area contributed by atoms with E-state index < -0.39 is 17.2 Å². The first kappa shape index (κ1) is 26.7. The van der Waals surface area contributed by atoms with Crippen LogP contribution in [0.15, 0.2) is 0 Å². The molecule has 0 radical (unpaired) electrons. The molecule has 0 spiro atoms. The van der Waals surface area contributed by atoms with Crippen molar-refractivity contribution in [2.24, 2.45) is 5.92 Å². The van der Waals surface area contributed by atoms with Crippen LogP contribution in [0.2, 0.25) is 0 Å². The predicted octanol–water partition coefficient (Wildman–Crippen LogP) is -2.18. The summed E-state index contributed by atoms with van der Waals surface area (Å²) in [5.41, 5.74) is 0. The molecule has 0 bridgehead atoms. The van der Waals surface area contributed by atoms with Gasteiger partial charge in [0.2, 0.25) is 0 Å². The second-order valence-corrected chi connectivity index (χ2v) is 3.97. The Kier molecular flexibility index (Phi) is 32.5. The van der Waals surface area contributed by atoms with E-state index in [9.17, 15) is 19.6 Å². The van der Waals surface area contributed by atoms with Crippen LogP contribution in [0.1, 0.15) is 20.8 Å². The third kappa shape index (κ3) is 36.0.